The molecular formula is C20H22Cl2F2N2O2S. The van der Waals surface area contributed by atoms with Gasteiger partial charge in [0, 0.05) is 28.7 Å². The van der Waals surface area contributed by atoms with Gasteiger partial charge >= 0.3 is 0 Å². The van der Waals surface area contributed by atoms with Crippen LogP contribution in [0.1, 0.15) is 18.4 Å². The summed E-state index contributed by atoms with van der Waals surface area (Å²) in [4.78, 5) is 0. The molecule has 0 aromatic heterocycles. The molecule has 2 saturated heterocycles. The number of piperidine rings is 2. The summed E-state index contributed by atoms with van der Waals surface area (Å²) in [7, 11) is -3.40. The fraction of sp³-hybridized carbons (Fsp3) is 0.400. The van der Waals surface area contributed by atoms with E-state index in [-0.39, 0.29) is 48.0 Å². The summed E-state index contributed by atoms with van der Waals surface area (Å²) >= 11 is 5.99. The third-order valence-corrected chi connectivity index (χ3v) is 6.54. The fourth-order valence-electron chi connectivity index (χ4n) is 4.33. The minimum absolute atomic E-state index is 0. The van der Waals surface area contributed by atoms with E-state index in [2.05, 4.69) is 10.0 Å². The zero-order valence-corrected chi connectivity index (χ0v) is 18.1. The Morgan fingerprint density at radius 2 is 1.93 bits per heavy atom. The summed E-state index contributed by atoms with van der Waals surface area (Å²) in [6.07, 6.45) is 3.10. The van der Waals surface area contributed by atoms with Crippen molar-refractivity contribution in [3.63, 3.8) is 0 Å². The first-order valence-corrected chi connectivity index (χ1v) is 11.4. The first-order valence-electron chi connectivity index (χ1n) is 9.17. The fourth-order valence-corrected chi connectivity index (χ4v) is 5.38. The van der Waals surface area contributed by atoms with Crippen LogP contribution in [0.4, 0.5) is 8.78 Å². The minimum Gasteiger partial charge on any atom is -0.309 e. The Labute approximate surface area is 180 Å². The van der Waals surface area contributed by atoms with Crippen LogP contribution in [0.15, 0.2) is 36.4 Å². The van der Waals surface area contributed by atoms with Crippen LogP contribution in [0.3, 0.4) is 0 Å². The van der Waals surface area contributed by atoms with Gasteiger partial charge in [0.2, 0.25) is 10.0 Å². The average Bonchev–Trinajstić information content (AvgIpc) is 2.56. The van der Waals surface area contributed by atoms with Crippen LogP contribution in [0.5, 0.6) is 0 Å². The van der Waals surface area contributed by atoms with Gasteiger partial charge in [-0.25, -0.2) is 21.9 Å². The number of nitrogens with one attached hydrogen (secondary N) is 2. The quantitative estimate of drug-likeness (QED) is 0.707. The molecule has 2 aromatic carbocycles. The molecule has 2 bridgehead atoms. The lowest BCUT2D eigenvalue weighted by molar-refractivity contribution is 0.0809. The highest BCUT2D eigenvalue weighted by atomic mass is 35.5. The van der Waals surface area contributed by atoms with Gasteiger partial charge in [-0.05, 0) is 60.6 Å². The topological polar surface area (TPSA) is 58.2 Å². The molecule has 0 spiro atoms. The van der Waals surface area contributed by atoms with Gasteiger partial charge in [-0.2, -0.15) is 0 Å². The van der Waals surface area contributed by atoms with E-state index in [0.29, 0.717) is 16.6 Å². The monoisotopic (exact) mass is 462 g/mol. The molecule has 5 rings (SSSR count). The van der Waals surface area contributed by atoms with Crippen LogP contribution >= 0.6 is 24.0 Å². The van der Waals surface area contributed by atoms with Crippen molar-refractivity contribution >= 4 is 34.0 Å². The largest absolute Gasteiger partial charge is 0.309 e. The van der Waals surface area contributed by atoms with Gasteiger partial charge in [0.15, 0.2) is 0 Å². The molecule has 3 aliphatic rings. The molecule has 0 radical (unpaired) electrons. The lowest BCUT2D eigenvalue weighted by Gasteiger charge is -2.52. The van der Waals surface area contributed by atoms with Crippen molar-refractivity contribution in [2.24, 2.45) is 5.92 Å². The molecule has 2 aromatic rings. The molecule has 9 heteroatoms. The number of fused-ring (bicyclic) bond motifs is 2. The molecule has 0 unspecified atom stereocenters. The first kappa shape index (κ1) is 22.4. The Kier molecular flexibility index (Phi) is 6.56. The SMILES string of the molecule is CS(=O)(=O)N[C@H]1C2CC(C2)N[C@H]1Cc1cc(F)cc(-c2cccc(Cl)c2)c1F.Cl. The van der Waals surface area contributed by atoms with Crippen LogP contribution < -0.4 is 10.0 Å². The Bertz CT molecular complexity index is 1010. The van der Waals surface area contributed by atoms with Crippen molar-refractivity contribution in [1.29, 1.82) is 0 Å². The summed E-state index contributed by atoms with van der Waals surface area (Å²) in [6.45, 7) is 0. The van der Waals surface area contributed by atoms with Crippen molar-refractivity contribution < 1.29 is 17.2 Å². The lowest BCUT2D eigenvalue weighted by Crippen LogP contribution is -2.67. The molecule has 2 N–H and O–H groups in total. The maximum atomic E-state index is 15.2. The van der Waals surface area contributed by atoms with Crippen LogP contribution in [-0.2, 0) is 16.4 Å². The van der Waals surface area contributed by atoms with Crippen molar-refractivity contribution in [3.05, 3.63) is 58.6 Å². The molecule has 2 aliphatic heterocycles. The second kappa shape index (κ2) is 8.47. The number of benzene rings is 2. The van der Waals surface area contributed by atoms with E-state index in [1.165, 1.54) is 6.07 Å². The van der Waals surface area contributed by atoms with Gasteiger partial charge < -0.3 is 5.32 Å². The normalized spacial score (nSPS) is 25.8. The highest BCUT2D eigenvalue weighted by molar-refractivity contribution is 7.88. The maximum Gasteiger partial charge on any atom is 0.209 e. The van der Waals surface area contributed by atoms with E-state index < -0.39 is 21.7 Å². The molecule has 29 heavy (non-hydrogen) atoms. The average molecular weight is 463 g/mol. The van der Waals surface area contributed by atoms with Gasteiger partial charge in [0.1, 0.15) is 11.6 Å². The van der Waals surface area contributed by atoms with E-state index in [1.807, 2.05) is 0 Å². The third kappa shape index (κ3) is 4.91. The molecule has 3 fully saturated rings. The molecule has 1 aliphatic carbocycles. The second-order valence-corrected chi connectivity index (χ2v) is 9.97. The van der Waals surface area contributed by atoms with Gasteiger partial charge in [0.25, 0.3) is 0 Å². The summed E-state index contributed by atoms with van der Waals surface area (Å²) in [5.41, 5.74) is 0.858. The molecule has 2 heterocycles. The smallest absolute Gasteiger partial charge is 0.209 e. The highest BCUT2D eigenvalue weighted by Crippen LogP contribution is 2.38. The lowest BCUT2D eigenvalue weighted by atomic mass is 9.68. The summed E-state index contributed by atoms with van der Waals surface area (Å²) in [6, 6.07) is 8.63. The molecule has 4 nitrogen and oxygen atoms in total. The standard InChI is InChI=1S/C20H21ClF2N2O2S.ClH/c1-28(26,27)25-20-13-7-16(8-13)24-18(20)9-12-6-15(22)10-17(19(12)23)11-3-2-4-14(21)5-11;/h2-6,10,13,16,18,20,24-25H,7-9H2,1H3;1H/t13?,16?,18-,20-;/m0./s1. The number of halogens is 4. The maximum absolute atomic E-state index is 15.2. The predicted molar refractivity (Wildman–Crippen MR) is 113 cm³/mol. The van der Waals surface area contributed by atoms with Gasteiger partial charge in [-0.1, -0.05) is 23.7 Å². The minimum atomic E-state index is -3.40. The van der Waals surface area contributed by atoms with Crippen LogP contribution in [-0.4, -0.2) is 32.8 Å². The molecule has 158 valence electrons. The van der Waals surface area contributed by atoms with Crippen molar-refractivity contribution in [2.75, 3.05) is 6.26 Å². The Balaban J connectivity index is 0.00000240. The van der Waals surface area contributed by atoms with Crippen molar-refractivity contribution in [2.45, 2.75) is 37.4 Å². The van der Waals surface area contributed by atoms with Crippen molar-refractivity contribution in [1.82, 2.24) is 10.0 Å². The Morgan fingerprint density at radius 3 is 2.59 bits per heavy atom. The number of rotatable bonds is 5. The Morgan fingerprint density at radius 1 is 1.21 bits per heavy atom. The van der Waals surface area contributed by atoms with Gasteiger partial charge in [-0.3, -0.25) is 0 Å². The van der Waals surface area contributed by atoms with Crippen LogP contribution in [0.2, 0.25) is 5.02 Å². The van der Waals surface area contributed by atoms with E-state index >= 15 is 4.39 Å². The van der Waals surface area contributed by atoms with E-state index in [4.69, 9.17) is 11.6 Å². The van der Waals surface area contributed by atoms with E-state index in [1.54, 1.807) is 24.3 Å². The summed E-state index contributed by atoms with van der Waals surface area (Å²) in [5.74, 6) is -0.835. The zero-order chi connectivity index (χ0) is 20.1. The number of hydrogen-bond acceptors (Lipinski definition) is 3. The summed E-state index contributed by atoms with van der Waals surface area (Å²) < 4.78 is 55.7. The highest BCUT2D eigenvalue weighted by Gasteiger charge is 2.46. The second-order valence-electron chi connectivity index (χ2n) is 7.76. The van der Waals surface area contributed by atoms with Crippen LogP contribution in [0.25, 0.3) is 11.1 Å². The van der Waals surface area contributed by atoms with E-state index in [0.717, 1.165) is 25.2 Å². The number of hydrogen-bond donors (Lipinski definition) is 2. The molecule has 1 saturated carbocycles. The summed E-state index contributed by atoms with van der Waals surface area (Å²) in [5, 5.41) is 3.82. The van der Waals surface area contributed by atoms with E-state index in [9.17, 15) is 12.8 Å². The zero-order valence-electron chi connectivity index (χ0n) is 15.7. The molecular weight excluding hydrogens is 441 g/mol. The third-order valence-electron chi connectivity index (χ3n) is 5.60. The van der Waals surface area contributed by atoms with Crippen LogP contribution in [0, 0.1) is 17.6 Å². The predicted octanol–water partition coefficient (Wildman–Crippen LogP) is 3.92. The number of sulfonamides is 1. The molecule has 0 amide bonds. The van der Waals surface area contributed by atoms with Crippen molar-refractivity contribution in [3.8, 4) is 11.1 Å². The van der Waals surface area contributed by atoms with Gasteiger partial charge in [0.05, 0.1) is 6.26 Å². The van der Waals surface area contributed by atoms with Gasteiger partial charge in [-0.15, -0.1) is 12.4 Å². The molecule has 2 atom stereocenters. The first-order chi connectivity index (χ1) is 13.2. The Hall–Kier alpha value is -1.25.